The van der Waals surface area contributed by atoms with Crippen molar-refractivity contribution in [3.63, 3.8) is 0 Å². The maximum atomic E-state index is 6.12. The summed E-state index contributed by atoms with van der Waals surface area (Å²) in [6, 6.07) is 9.78. The highest BCUT2D eigenvalue weighted by molar-refractivity contribution is 6.34. The predicted molar refractivity (Wildman–Crippen MR) is 77.2 cm³/mol. The van der Waals surface area contributed by atoms with Crippen molar-refractivity contribution < 1.29 is 4.42 Å². The second-order valence-electron chi connectivity index (χ2n) is 4.38. The summed E-state index contributed by atoms with van der Waals surface area (Å²) in [6.45, 7) is 0.780. The third-order valence-corrected chi connectivity index (χ3v) is 3.25. The number of rotatable bonds is 3. The minimum atomic E-state index is 0.628. The van der Waals surface area contributed by atoms with Crippen molar-refractivity contribution in [2.24, 2.45) is 0 Å². The van der Waals surface area contributed by atoms with E-state index in [1.165, 1.54) is 0 Å². The molecule has 1 aromatic carbocycles. The Morgan fingerprint density at radius 3 is 2.95 bits per heavy atom. The second kappa shape index (κ2) is 5.03. The summed E-state index contributed by atoms with van der Waals surface area (Å²) in [7, 11) is 1.91. The SMILES string of the molecule is CNCc1cncc(-c2cc3cccc(Cl)c3o2)c1. The Balaban J connectivity index is 2.08. The Hall–Kier alpha value is -1.84. The van der Waals surface area contributed by atoms with Gasteiger partial charge in [0.25, 0.3) is 0 Å². The van der Waals surface area contributed by atoms with Crippen LogP contribution in [-0.2, 0) is 6.54 Å². The zero-order chi connectivity index (χ0) is 13.2. The first-order chi connectivity index (χ1) is 9.28. The molecule has 0 aliphatic rings. The van der Waals surface area contributed by atoms with Gasteiger partial charge in [-0.15, -0.1) is 0 Å². The quantitative estimate of drug-likeness (QED) is 0.787. The van der Waals surface area contributed by atoms with Crippen LogP contribution in [0, 0.1) is 0 Å². The third kappa shape index (κ3) is 2.35. The van der Waals surface area contributed by atoms with Crippen LogP contribution in [0.25, 0.3) is 22.3 Å². The smallest absolute Gasteiger partial charge is 0.153 e. The molecule has 0 bridgehead atoms. The van der Waals surface area contributed by atoms with Crippen LogP contribution in [0.4, 0.5) is 0 Å². The molecular weight excluding hydrogens is 260 g/mol. The molecule has 4 heteroatoms. The molecule has 0 aliphatic carbocycles. The fourth-order valence-electron chi connectivity index (χ4n) is 2.09. The van der Waals surface area contributed by atoms with E-state index in [4.69, 9.17) is 16.0 Å². The zero-order valence-electron chi connectivity index (χ0n) is 10.5. The number of furan rings is 1. The summed E-state index contributed by atoms with van der Waals surface area (Å²) < 4.78 is 5.83. The summed E-state index contributed by atoms with van der Waals surface area (Å²) in [4.78, 5) is 4.24. The maximum Gasteiger partial charge on any atom is 0.153 e. The summed E-state index contributed by atoms with van der Waals surface area (Å²) in [6.07, 6.45) is 3.64. The number of benzene rings is 1. The van der Waals surface area contributed by atoms with E-state index in [1.54, 1.807) is 6.20 Å². The lowest BCUT2D eigenvalue weighted by atomic mass is 10.1. The van der Waals surface area contributed by atoms with Crippen LogP contribution < -0.4 is 5.32 Å². The highest BCUT2D eigenvalue weighted by Crippen LogP contribution is 2.31. The van der Waals surface area contributed by atoms with E-state index in [-0.39, 0.29) is 0 Å². The first-order valence-corrected chi connectivity index (χ1v) is 6.42. The van der Waals surface area contributed by atoms with Gasteiger partial charge in [0.1, 0.15) is 5.76 Å². The molecule has 96 valence electrons. The van der Waals surface area contributed by atoms with Gasteiger partial charge in [0.15, 0.2) is 5.58 Å². The van der Waals surface area contributed by atoms with Gasteiger partial charge in [-0.3, -0.25) is 4.98 Å². The summed E-state index contributed by atoms with van der Waals surface area (Å²) in [5.41, 5.74) is 2.80. The van der Waals surface area contributed by atoms with Crippen molar-refractivity contribution >= 4 is 22.6 Å². The van der Waals surface area contributed by atoms with Crippen LogP contribution in [0.1, 0.15) is 5.56 Å². The molecule has 3 rings (SSSR count). The number of nitrogens with one attached hydrogen (secondary N) is 1. The minimum Gasteiger partial charge on any atom is -0.454 e. The lowest BCUT2D eigenvalue weighted by molar-refractivity contribution is 0.631. The molecule has 0 radical (unpaired) electrons. The molecule has 2 heterocycles. The summed E-state index contributed by atoms with van der Waals surface area (Å²) in [5, 5.41) is 4.74. The maximum absolute atomic E-state index is 6.12. The molecule has 3 aromatic rings. The number of nitrogens with zero attached hydrogens (tertiary/aromatic N) is 1. The van der Waals surface area contributed by atoms with Gasteiger partial charge in [-0.05, 0) is 30.8 Å². The van der Waals surface area contributed by atoms with Crippen LogP contribution in [0.15, 0.2) is 47.1 Å². The lowest BCUT2D eigenvalue weighted by Crippen LogP contribution is -2.05. The molecule has 0 amide bonds. The Morgan fingerprint density at radius 2 is 2.16 bits per heavy atom. The highest BCUT2D eigenvalue weighted by Gasteiger charge is 2.09. The van der Waals surface area contributed by atoms with Gasteiger partial charge >= 0.3 is 0 Å². The zero-order valence-corrected chi connectivity index (χ0v) is 11.2. The number of hydrogen-bond donors (Lipinski definition) is 1. The third-order valence-electron chi connectivity index (χ3n) is 2.96. The van der Waals surface area contributed by atoms with E-state index >= 15 is 0 Å². The number of para-hydroxylation sites is 1. The topological polar surface area (TPSA) is 38.1 Å². The van der Waals surface area contributed by atoms with Gasteiger partial charge in [-0.1, -0.05) is 23.7 Å². The van der Waals surface area contributed by atoms with Crippen molar-refractivity contribution in [2.75, 3.05) is 7.05 Å². The van der Waals surface area contributed by atoms with Crippen LogP contribution in [0.2, 0.25) is 5.02 Å². The molecule has 0 saturated carbocycles. The average molecular weight is 273 g/mol. The molecule has 3 nitrogen and oxygen atoms in total. The summed E-state index contributed by atoms with van der Waals surface area (Å²) in [5.74, 6) is 0.786. The van der Waals surface area contributed by atoms with E-state index in [0.29, 0.717) is 5.02 Å². The van der Waals surface area contributed by atoms with E-state index in [2.05, 4.69) is 16.4 Å². The summed E-state index contributed by atoms with van der Waals surface area (Å²) >= 11 is 6.12. The number of aromatic nitrogens is 1. The largest absolute Gasteiger partial charge is 0.454 e. The first kappa shape index (κ1) is 12.2. The predicted octanol–water partition coefficient (Wildman–Crippen LogP) is 3.87. The molecule has 0 unspecified atom stereocenters. The average Bonchev–Trinajstić information content (AvgIpc) is 2.85. The van der Waals surface area contributed by atoms with Crippen molar-refractivity contribution in [3.8, 4) is 11.3 Å². The van der Waals surface area contributed by atoms with E-state index in [9.17, 15) is 0 Å². The van der Waals surface area contributed by atoms with Crippen LogP contribution in [-0.4, -0.2) is 12.0 Å². The Kier molecular flexibility index (Phi) is 3.23. The molecule has 0 aliphatic heterocycles. The van der Waals surface area contributed by atoms with Crippen molar-refractivity contribution in [1.82, 2.24) is 10.3 Å². The van der Waals surface area contributed by atoms with E-state index in [0.717, 1.165) is 34.4 Å². The van der Waals surface area contributed by atoms with Crippen molar-refractivity contribution in [3.05, 3.63) is 53.3 Å². The highest BCUT2D eigenvalue weighted by atomic mass is 35.5. The van der Waals surface area contributed by atoms with E-state index in [1.807, 2.05) is 37.5 Å². The second-order valence-corrected chi connectivity index (χ2v) is 4.79. The first-order valence-electron chi connectivity index (χ1n) is 6.05. The molecular formula is C15H13ClN2O. The van der Waals surface area contributed by atoms with Crippen LogP contribution in [0.3, 0.4) is 0 Å². The minimum absolute atomic E-state index is 0.628. The fourth-order valence-corrected chi connectivity index (χ4v) is 2.31. The molecule has 0 saturated heterocycles. The molecule has 0 atom stereocenters. The molecule has 0 fully saturated rings. The van der Waals surface area contributed by atoms with Gasteiger partial charge in [-0.25, -0.2) is 0 Å². The van der Waals surface area contributed by atoms with Gasteiger partial charge in [0.05, 0.1) is 5.02 Å². The Morgan fingerprint density at radius 1 is 1.26 bits per heavy atom. The van der Waals surface area contributed by atoms with Crippen molar-refractivity contribution in [2.45, 2.75) is 6.54 Å². The van der Waals surface area contributed by atoms with Gasteiger partial charge in [-0.2, -0.15) is 0 Å². The Bertz CT molecular complexity index is 721. The lowest BCUT2D eigenvalue weighted by Gasteiger charge is -2.01. The molecule has 2 aromatic heterocycles. The van der Waals surface area contributed by atoms with Gasteiger partial charge in [0, 0.05) is 29.9 Å². The number of halogens is 1. The van der Waals surface area contributed by atoms with Crippen LogP contribution in [0.5, 0.6) is 0 Å². The fraction of sp³-hybridized carbons (Fsp3) is 0.133. The van der Waals surface area contributed by atoms with Crippen molar-refractivity contribution in [1.29, 1.82) is 0 Å². The normalized spacial score (nSPS) is 11.1. The van der Waals surface area contributed by atoms with E-state index < -0.39 is 0 Å². The van der Waals surface area contributed by atoms with Crippen LogP contribution >= 0.6 is 11.6 Å². The monoisotopic (exact) mass is 272 g/mol. The number of fused-ring (bicyclic) bond motifs is 1. The number of pyridine rings is 1. The number of hydrogen-bond acceptors (Lipinski definition) is 3. The Labute approximate surface area is 116 Å². The molecule has 19 heavy (non-hydrogen) atoms. The molecule has 1 N–H and O–H groups in total. The molecule has 0 spiro atoms. The van der Waals surface area contributed by atoms with Gasteiger partial charge in [0.2, 0.25) is 0 Å². The van der Waals surface area contributed by atoms with Gasteiger partial charge < -0.3 is 9.73 Å². The standard InChI is InChI=1S/C15H13ClN2O/c1-17-7-10-5-12(9-18-8-10)14-6-11-3-2-4-13(16)15(11)19-14/h2-6,8-9,17H,7H2,1H3.